The zero-order valence-electron chi connectivity index (χ0n) is 16.3. The third-order valence-electron chi connectivity index (χ3n) is 5.57. The number of aryl methyl sites for hydroxylation is 1. The van der Waals surface area contributed by atoms with Crippen LogP contribution in [-0.2, 0) is 4.74 Å². The van der Waals surface area contributed by atoms with Crippen molar-refractivity contribution >= 4 is 27.8 Å². The second-order valence-corrected chi connectivity index (χ2v) is 8.75. The standard InChI is InChI=1S/C23H26BrNO3/c1-16-7-3-4-8-18(16)21(26)25-15-23(2)13-11-17(12-14-23)28-22(27)19-9-5-6-10-20(19)24/h3-10,17H,11-15H2,1-2H3,(H,25,26). The Bertz CT molecular complexity index is 856. The van der Waals surface area contributed by atoms with Crippen molar-refractivity contribution in [2.24, 2.45) is 5.41 Å². The van der Waals surface area contributed by atoms with Crippen LogP contribution in [-0.4, -0.2) is 24.5 Å². The van der Waals surface area contributed by atoms with Gasteiger partial charge in [-0.2, -0.15) is 0 Å². The molecule has 1 N–H and O–H groups in total. The Labute approximate surface area is 174 Å². The summed E-state index contributed by atoms with van der Waals surface area (Å²) in [6.07, 6.45) is 3.38. The molecule has 0 bridgehead atoms. The first-order valence-corrected chi connectivity index (χ1v) is 10.5. The number of carbonyl (C=O) groups excluding carboxylic acids is 2. The maximum Gasteiger partial charge on any atom is 0.339 e. The molecule has 0 aliphatic heterocycles. The largest absolute Gasteiger partial charge is 0.459 e. The molecule has 2 aromatic rings. The molecule has 1 aliphatic carbocycles. The first-order chi connectivity index (χ1) is 13.4. The van der Waals surface area contributed by atoms with Crippen molar-refractivity contribution in [3.05, 3.63) is 69.7 Å². The minimum atomic E-state index is -0.283. The molecule has 0 saturated heterocycles. The summed E-state index contributed by atoms with van der Waals surface area (Å²) in [6, 6.07) is 14.9. The molecule has 148 valence electrons. The summed E-state index contributed by atoms with van der Waals surface area (Å²) in [5.41, 5.74) is 2.28. The van der Waals surface area contributed by atoms with E-state index in [4.69, 9.17) is 4.74 Å². The number of benzene rings is 2. The predicted molar refractivity (Wildman–Crippen MR) is 113 cm³/mol. The van der Waals surface area contributed by atoms with Gasteiger partial charge in [0.05, 0.1) is 5.56 Å². The van der Waals surface area contributed by atoms with Crippen molar-refractivity contribution in [3.63, 3.8) is 0 Å². The van der Waals surface area contributed by atoms with Gasteiger partial charge in [-0.1, -0.05) is 37.3 Å². The van der Waals surface area contributed by atoms with Crippen LogP contribution < -0.4 is 5.32 Å². The van der Waals surface area contributed by atoms with E-state index >= 15 is 0 Å². The molecule has 1 amide bonds. The quantitative estimate of drug-likeness (QED) is 0.638. The van der Waals surface area contributed by atoms with Crippen molar-refractivity contribution < 1.29 is 14.3 Å². The Kier molecular flexibility index (Phi) is 6.55. The van der Waals surface area contributed by atoms with Crippen molar-refractivity contribution in [2.75, 3.05) is 6.54 Å². The van der Waals surface area contributed by atoms with E-state index in [9.17, 15) is 9.59 Å². The van der Waals surface area contributed by atoms with Gasteiger partial charge in [0.2, 0.25) is 0 Å². The van der Waals surface area contributed by atoms with Gasteiger partial charge in [0, 0.05) is 16.6 Å². The topological polar surface area (TPSA) is 55.4 Å². The molecule has 4 nitrogen and oxygen atoms in total. The summed E-state index contributed by atoms with van der Waals surface area (Å²) in [7, 11) is 0. The van der Waals surface area contributed by atoms with Crippen LogP contribution in [0, 0.1) is 12.3 Å². The minimum absolute atomic E-state index is 0.0224. The molecule has 3 rings (SSSR count). The van der Waals surface area contributed by atoms with E-state index in [1.54, 1.807) is 6.07 Å². The third kappa shape index (κ3) is 5.02. The van der Waals surface area contributed by atoms with Crippen molar-refractivity contribution in [3.8, 4) is 0 Å². The highest BCUT2D eigenvalue weighted by atomic mass is 79.9. The van der Waals surface area contributed by atoms with E-state index < -0.39 is 0 Å². The van der Waals surface area contributed by atoms with Gasteiger partial charge in [0.15, 0.2) is 0 Å². The normalized spacial score (nSPS) is 21.8. The number of hydrogen-bond acceptors (Lipinski definition) is 3. The molecular formula is C23H26BrNO3. The van der Waals surface area contributed by atoms with Crippen LogP contribution in [0.1, 0.15) is 58.9 Å². The molecule has 28 heavy (non-hydrogen) atoms. The van der Waals surface area contributed by atoms with Gasteiger partial charge in [0.1, 0.15) is 6.10 Å². The van der Waals surface area contributed by atoms with E-state index in [0.29, 0.717) is 12.1 Å². The van der Waals surface area contributed by atoms with Crippen molar-refractivity contribution in [2.45, 2.75) is 45.6 Å². The first kappa shape index (κ1) is 20.6. The fourth-order valence-electron chi connectivity index (χ4n) is 3.64. The lowest BCUT2D eigenvalue weighted by molar-refractivity contribution is 0.00748. The monoisotopic (exact) mass is 443 g/mol. The second kappa shape index (κ2) is 8.91. The van der Waals surface area contributed by atoms with Crippen LogP contribution in [0.2, 0.25) is 0 Å². The van der Waals surface area contributed by atoms with Crippen LogP contribution in [0.4, 0.5) is 0 Å². The number of amides is 1. The number of nitrogens with one attached hydrogen (secondary N) is 1. The fraction of sp³-hybridized carbons (Fsp3) is 0.391. The van der Waals surface area contributed by atoms with Crippen molar-refractivity contribution in [1.29, 1.82) is 0 Å². The highest BCUT2D eigenvalue weighted by molar-refractivity contribution is 9.10. The third-order valence-corrected chi connectivity index (χ3v) is 6.26. The molecule has 0 atom stereocenters. The zero-order chi connectivity index (χ0) is 20.1. The Morgan fingerprint density at radius 1 is 1.07 bits per heavy atom. The average molecular weight is 444 g/mol. The summed E-state index contributed by atoms with van der Waals surface area (Å²) in [4.78, 5) is 24.9. The van der Waals surface area contributed by atoms with Crippen LogP contribution in [0.15, 0.2) is 53.0 Å². The molecule has 1 saturated carbocycles. The van der Waals surface area contributed by atoms with Gasteiger partial charge in [-0.05, 0) is 77.7 Å². The highest BCUT2D eigenvalue weighted by Gasteiger charge is 2.33. The molecular weight excluding hydrogens is 418 g/mol. The first-order valence-electron chi connectivity index (χ1n) is 9.67. The summed E-state index contributed by atoms with van der Waals surface area (Å²) < 4.78 is 6.46. The Morgan fingerprint density at radius 3 is 2.32 bits per heavy atom. The van der Waals surface area contributed by atoms with Crippen LogP contribution in [0.5, 0.6) is 0 Å². The van der Waals surface area contributed by atoms with Gasteiger partial charge in [-0.3, -0.25) is 4.79 Å². The van der Waals surface area contributed by atoms with E-state index in [1.807, 2.05) is 49.4 Å². The van der Waals surface area contributed by atoms with E-state index in [2.05, 4.69) is 28.2 Å². The lowest BCUT2D eigenvalue weighted by Crippen LogP contribution is -2.40. The summed E-state index contributed by atoms with van der Waals surface area (Å²) in [5.74, 6) is -0.310. The Balaban J connectivity index is 1.50. The number of halogens is 1. The molecule has 2 aromatic carbocycles. The smallest absolute Gasteiger partial charge is 0.339 e. The lowest BCUT2D eigenvalue weighted by Gasteiger charge is -2.37. The second-order valence-electron chi connectivity index (χ2n) is 7.89. The van der Waals surface area contributed by atoms with Crippen molar-refractivity contribution in [1.82, 2.24) is 5.32 Å². The number of esters is 1. The highest BCUT2D eigenvalue weighted by Crippen LogP contribution is 2.37. The van der Waals surface area contributed by atoms with Crippen LogP contribution in [0.25, 0.3) is 0 Å². The summed E-state index contributed by atoms with van der Waals surface area (Å²) in [6.45, 7) is 4.77. The molecule has 1 aliphatic rings. The molecule has 0 spiro atoms. The van der Waals surface area contributed by atoms with E-state index in [1.165, 1.54) is 0 Å². The molecule has 0 radical (unpaired) electrons. The predicted octanol–water partition coefficient (Wildman–Crippen LogP) is 5.29. The maximum absolute atomic E-state index is 12.5. The zero-order valence-corrected chi connectivity index (χ0v) is 17.9. The number of hydrogen-bond donors (Lipinski definition) is 1. The maximum atomic E-state index is 12.5. The lowest BCUT2D eigenvalue weighted by atomic mass is 9.74. The van der Waals surface area contributed by atoms with Crippen LogP contribution in [0.3, 0.4) is 0 Å². The van der Waals surface area contributed by atoms with E-state index in [0.717, 1.165) is 41.3 Å². The molecule has 5 heteroatoms. The number of rotatable bonds is 5. The molecule has 0 aromatic heterocycles. The number of ether oxygens (including phenoxy) is 1. The van der Waals surface area contributed by atoms with Gasteiger partial charge >= 0.3 is 5.97 Å². The summed E-state index contributed by atoms with van der Waals surface area (Å²) >= 11 is 3.40. The van der Waals surface area contributed by atoms with E-state index in [-0.39, 0.29) is 23.4 Å². The Hall–Kier alpha value is -2.14. The van der Waals surface area contributed by atoms with Gasteiger partial charge < -0.3 is 10.1 Å². The molecule has 1 fully saturated rings. The SMILES string of the molecule is Cc1ccccc1C(=O)NCC1(C)CCC(OC(=O)c2ccccc2Br)CC1. The fourth-order valence-corrected chi connectivity index (χ4v) is 4.09. The molecule has 0 heterocycles. The van der Waals surface area contributed by atoms with Crippen LogP contribution >= 0.6 is 15.9 Å². The Morgan fingerprint density at radius 2 is 1.68 bits per heavy atom. The van der Waals surface area contributed by atoms with Gasteiger partial charge in [0.25, 0.3) is 5.91 Å². The van der Waals surface area contributed by atoms with Gasteiger partial charge in [-0.15, -0.1) is 0 Å². The van der Waals surface area contributed by atoms with Gasteiger partial charge in [-0.25, -0.2) is 4.79 Å². The average Bonchev–Trinajstić information content (AvgIpc) is 2.69. The number of carbonyl (C=O) groups is 2. The summed E-state index contributed by atoms with van der Waals surface area (Å²) in [5, 5.41) is 3.09. The molecule has 0 unspecified atom stereocenters. The minimum Gasteiger partial charge on any atom is -0.459 e.